The number of nitrogens with two attached hydrogens (primary N) is 1. The lowest BCUT2D eigenvalue weighted by molar-refractivity contribution is -0.142. The molecule has 82 valence electrons. The first-order chi connectivity index (χ1) is 7.24. The zero-order valence-corrected chi connectivity index (χ0v) is 8.39. The molecular weight excluding hydrogens is 196 g/mol. The first-order valence-electron chi connectivity index (χ1n) is 5.45. The molecule has 3 fully saturated rings. The topological polar surface area (TPSA) is 72.6 Å². The Morgan fingerprint density at radius 3 is 2.20 bits per heavy atom. The van der Waals surface area contributed by atoms with Crippen molar-refractivity contribution in [1.82, 2.24) is 4.90 Å². The van der Waals surface area contributed by atoms with Crippen LogP contribution in [0.5, 0.6) is 0 Å². The SMILES string of the molecule is NCCN1C(=O)[C@@H]2[C@H](C1=O)[C@H]1CC[C@@H]2O1. The fraction of sp³-hybridized carbons (Fsp3) is 0.800. The van der Waals surface area contributed by atoms with E-state index in [1.165, 1.54) is 4.90 Å². The average Bonchev–Trinajstić information content (AvgIpc) is 2.87. The van der Waals surface area contributed by atoms with Gasteiger partial charge in [0.2, 0.25) is 11.8 Å². The van der Waals surface area contributed by atoms with E-state index in [1.54, 1.807) is 0 Å². The third kappa shape index (κ3) is 1.05. The molecule has 3 heterocycles. The van der Waals surface area contributed by atoms with Gasteiger partial charge in [0.1, 0.15) is 0 Å². The fourth-order valence-corrected chi connectivity index (χ4v) is 3.12. The number of rotatable bonds is 2. The standard InChI is InChI=1S/C10H14N2O3/c11-3-4-12-9(13)7-5-1-2-6(15-5)8(7)10(12)14/h5-8H,1-4,11H2/t5-,6+,7-,8+. The molecule has 5 nitrogen and oxygen atoms in total. The van der Waals surface area contributed by atoms with Crippen molar-refractivity contribution in [2.75, 3.05) is 13.1 Å². The Balaban J connectivity index is 1.90. The number of hydrogen-bond acceptors (Lipinski definition) is 4. The van der Waals surface area contributed by atoms with E-state index in [9.17, 15) is 9.59 Å². The minimum atomic E-state index is -0.206. The number of fused-ring (bicyclic) bond motifs is 5. The number of hydrogen-bond donors (Lipinski definition) is 1. The van der Waals surface area contributed by atoms with Crippen molar-refractivity contribution in [2.45, 2.75) is 25.0 Å². The van der Waals surface area contributed by atoms with Gasteiger partial charge in [-0.1, -0.05) is 0 Å². The van der Waals surface area contributed by atoms with Gasteiger partial charge in [0.25, 0.3) is 0 Å². The van der Waals surface area contributed by atoms with Gasteiger partial charge < -0.3 is 10.5 Å². The van der Waals surface area contributed by atoms with Crippen LogP contribution in [0.1, 0.15) is 12.8 Å². The lowest BCUT2D eigenvalue weighted by Gasteiger charge is -2.15. The van der Waals surface area contributed by atoms with Crippen molar-refractivity contribution >= 4 is 11.8 Å². The molecule has 2 bridgehead atoms. The van der Waals surface area contributed by atoms with Gasteiger partial charge in [-0.15, -0.1) is 0 Å². The van der Waals surface area contributed by atoms with Crippen LogP contribution in [0.15, 0.2) is 0 Å². The Bertz CT molecular complexity index is 303. The van der Waals surface area contributed by atoms with Crippen LogP contribution in [-0.4, -0.2) is 42.0 Å². The molecule has 2 N–H and O–H groups in total. The van der Waals surface area contributed by atoms with Crippen molar-refractivity contribution in [2.24, 2.45) is 17.6 Å². The summed E-state index contributed by atoms with van der Waals surface area (Å²) in [4.78, 5) is 25.2. The third-order valence-electron chi connectivity index (χ3n) is 3.73. The van der Waals surface area contributed by atoms with Crippen molar-refractivity contribution in [3.8, 4) is 0 Å². The van der Waals surface area contributed by atoms with Crippen LogP contribution in [0, 0.1) is 11.8 Å². The Hall–Kier alpha value is -0.940. The van der Waals surface area contributed by atoms with Crippen molar-refractivity contribution in [3.05, 3.63) is 0 Å². The summed E-state index contributed by atoms with van der Waals surface area (Å²) in [5, 5.41) is 0. The molecule has 0 aliphatic carbocycles. The molecule has 3 rings (SSSR count). The van der Waals surface area contributed by atoms with Crippen LogP contribution in [0.4, 0.5) is 0 Å². The van der Waals surface area contributed by atoms with Crippen LogP contribution in [0.3, 0.4) is 0 Å². The average molecular weight is 210 g/mol. The van der Waals surface area contributed by atoms with Crippen LogP contribution >= 0.6 is 0 Å². The maximum atomic E-state index is 11.9. The molecule has 0 spiro atoms. The minimum absolute atomic E-state index is 0.0146. The van der Waals surface area contributed by atoms with Gasteiger partial charge in [0, 0.05) is 13.1 Å². The highest BCUT2D eigenvalue weighted by molar-refractivity contribution is 6.06. The van der Waals surface area contributed by atoms with Crippen molar-refractivity contribution < 1.29 is 14.3 Å². The number of carbonyl (C=O) groups excluding carboxylic acids is 2. The largest absolute Gasteiger partial charge is 0.373 e. The Morgan fingerprint density at radius 2 is 1.73 bits per heavy atom. The zero-order valence-electron chi connectivity index (χ0n) is 8.39. The summed E-state index contributed by atoms with van der Waals surface area (Å²) in [5.74, 6) is -0.545. The number of ether oxygens (including phenoxy) is 1. The fourth-order valence-electron chi connectivity index (χ4n) is 3.12. The normalized spacial score (nSPS) is 42.9. The molecule has 0 aromatic rings. The number of amides is 2. The second-order valence-electron chi connectivity index (χ2n) is 4.46. The molecule has 2 amide bonds. The van der Waals surface area contributed by atoms with E-state index in [0.29, 0.717) is 13.1 Å². The van der Waals surface area contributed by atoms with Gasteiger partial charge >= 0.3 is 0 Å². The second-order valence-corrected chi connectivity index (χ2v) is 4.46. The van der Waals surface area contributed by atoms with E-state index >= 15 is 0 Å². The van der Waals surface area contributed by atoms with Gasteiger partial charge in [-0.2, -0.15) is 0 Å². The van der Waals surface area contributed by atoms with Gasteiger partial charge in [0.05, 0.1) is 24.0 Å². The lowest BCUT2D eigenvalue weighted by atomic mass is 9.81. The minimum Gasteiger partial charge on any atom is -0.373 e. The van der Waals surface area contributed by atoms with Crippen LogP contribution in [0.25, 0.3) is 0 Å². The highest BCUT2D eigenvalue weighted by atomic mass is 16.5. The highest BCUT2D eigenvalue weighted by Gasteiger charge is 2.61. The van der Waals surface area contributed by atoms with E-state index in [-0.39, 0.29) is 35.9 Å². The molecule has 0 saturated carbocycles. The molecule has 0 unspecified atom stereocenters. The summed E-state index contributed by atoms with van der Waals surface area (Å²) in [6.07, 6.45) is 1.81. The summed E-state index contributed by atoms with van der Waals surface area (Å²) >= 11 is 0. The first-order valence-corrected chi connectivity index (χ1v) is 5.45. The third-order valence-corrected chi connectivity index (χ3v) is 3.73. The maximum absolute atomic E-state index is 11.9. The van der Waals surface area contributed by atoms with E-state index < -0.39 is 0 Å². The maximum Gasteiger partial charge on any atom is 0.235 e. The molecular formula is C10H14N2O3. The Kier molecular flexibility index (Phi) is 1.87. The van der Waals surface area contributed by atoms with E-state index in [1.807, 2.05) is 0 Å². The van der Waals surface area contributed by atoms with E-state index in [4.69, 9.17) is 10.5 Å². The smallest absolute Gasteiger partial charge is 0.235 e. The number of nitrogens with zero attached hydrogens (tertiary/aromatic N) is 1. The van der Waals surface area contributed by atoms with Crippen molar-refractivity contribution in [3.63, 3.8) is 0 Å². The second kappa shape index (κ2) is 3.02. The van der Waals surface area contributed by atoms with Gasteiger partial charge in [-0.3, -0.25) is 14.5 Å². The first kappa shape index (κ1) is 9.30. The highest BCUT2D eigenvalue weighted by Crippen LogP contribution is 2.48. The van der Waals surface area contributed by atoms with Crippen LogP contribution < -0.4 is 5.73 Å². The van der Waals surface area contributed by atoms with E-state index in [0.717, 1.165) is 12.8 Å². The Labute approximate surface area is 87.5 Å². The summed E-state index contributed by atoms with van der Waals surface area (Å²) in [7, 11) is 0. The Morgan fingerprint density at radius 1 is 1.20 bits per heavy atom. The molecule has 3 aliphatic heterocycles. The van der Waals surface area contributed by atoms with Gasteiger partial charge in [-0.25, -0.2) is 0 Å². The summed E-state index contributed by atoms with van der Waals surface area (Å²) < 4.78 is 5.61. The number of imide groups is 1. The number of carbonyl (C=O) groups is 2. The predicted octanol–water partition coefficient (Wildman–Crippen LogP) is -0.892. The predicted molar refractivity (Wildman–Crippen MR) is 50.6 cm³/mol. The number of likely N-dealkylation sites (tertiary alicyclic amines) is 1. The van der Waals surface area contributed by atoms with Gasteiger partial charge in [-0.05, 0) is 12.8 Å². The zero-order chi connectivity index (χ0) is 10.6. The molecule has 0 radical (unpaired) electrons. The quantitative estimate of drug-likeness (QED) is 0.600. The molecule has 15 heavy (non-hydrogen) atoms. The van der Waals surface area contributed by atoms with Crippen molar-refractivity contribution in [1.29, 1.82) is 0 Å². The monoisotopic (exact) mass is 210 g/mol. The summed E-state index contributed by atoms with van der Waals surface area (Å²) in [5.41, 5.74) is 5.39. The molecule has 4 atom stereocenters. The molecule has 5 heteroatoms. The summed E-state index contributed by atoms with van der Waals surface area (Å²) in [6, 6.07) is 0. The molecule has 0 aromatic carbocycles. The van der Waals surface area contributed by atoms with E-state index in [2.05, 4.69) is 0 Å². The molecule has 0 aromatic heterocycles. The molecule has 3 aliphatic rings. The van der Waals surface area contributed by atoms with Crippen LogP contribution in [0.2, 0.25) is 0 Å². The lowest BCUT2D eigenvalue weighted by Crippen LogP contribution is -2.37. The summed E-state index contributed by atoms with van der Waals surface area (Å²) in [6.45, 7) is 0.692. The molecule has 3 saturated heterocycles. The van der Waals surface area contributed by atoms with Crippen LogP contribution in [-0.2, 0) is 14.3 Å². The van der Waals surface area contributed by atoms with Gasteiger partial charge in [0.15, 0.2) is 0 Å².